The number of carbonyl (C=O) groups is 3. The van der Waals surface area contributed by atoms with Crippen LogP contribution in [0.15, 0.2) is 53.1 Å². The van der Waals surface area contributed by atoms with Crippen LogP contribution < -0.4 is 9.64 Å². The highest BCUT2D eigenvalue weighted by molar-refractivity contribution is 7.17. The molecule has 3 heterocycles. The Kier molecular flexibility index (Phi) is 6.30. The molecule has 1 amide bonds. The van der Waals surface area contributed by atoms with Crippen molar-refractivity contribution in [3.63, 3.8) is 0 Å². The summed E-state index contributed by atoms with van der Waals surface area (Å²) in [4.78, 5) is 45.0. The molecule has 10 heteroatoms. The monoisotopic (exact) mass is 484 g/mol. The Bertz CT molecular complexity index is 1260. The summed E-state index contributed by atoms with van der Waals surface area (Å²) in [7, 11) is 1.26. The van der Waals surface area contributed by atoms with E-state index in [1.54, 1.807) is 48.7 Å². The van der Waals surface area contributed by atoms with Gasteiger partial charge in [0.2, 0.25) is 5.78 Å². The van der Waals surface area contributed by atoms with Crippen molar-refractivity contribution in [2.24, 2.45) is 0 Å². The molecule has 1 aliphatic rings. The fourth-order valence-corrected chi connectivity index (χ4v) is 5.29. The molecular weight excluding hydrogens is 464 g/mol. The van der Waals surface area contributed by atoms with E-state index >= 15 is 0 Å². The first kappa shape index (κ1) is 22.7. The number of hydrogen-bond donors (Lipinski definition) is 1. The number of aliphatic hydroxyl groups is 1. The number of methoxy groups -OCH3 is 1. The van der Waals surface area contributed by atoms with E-state index in [1.807, 2.05) is 6.92 Å². The highest BCUT2D eigenvalue weighted by Gasteiger charge is 2.46. The van der Waals surface area contributed by atoms with E-state index < -0.39 is 29.5 Å². The summed E-state index contributed by atoms with van der Waals surface area (Å²) in [5.41, 5.74) is 0.892. The number of amides is 1. The molecule has 2 aromatic heterocycles. The van der Waals surface area contributed by atoms with Gasteiger partial charge in [-0.2, -0.15) is 0 Å². The van der Waals surface area contributed by atoms with Gasteiger partial charge in [-0.05, 0) is 43.0 Å². The number of nitrogens with zero attached hydrogens (tertiary/aromatic N) is 2. The van der Waals surface area contributed by atoms with Gasteiger partial charge in [-0.1, -0.05) is 29.5 Å². The summed E-state index contributed by atoms with van der Waals surface area (Å²) in [5, 5.41) is 12.7. The number of rotatable bonds is 7. The van der Waals surface area contributed by atoms with Gasteiger partial charge in [-0.25, -0.2) is 9.78 Å². The molecule has 33 heavy (non-hydrogen) atoms. The van der Waals surface area contributed by atoms with E-state index in [1.165, 1.54) is 23.3 Å². The van der Waals surface area contributed by atoms with Crippen molar-refractivity contribution in [2.75, 3.05) is 18.6 Å². The normalized spacial score (nSPS) is 15.8. The number of thiazole rings is 1. The number of hydrogen-bond acceptors (Lipinski definition) is 9. The van der Waals surface area contributed by atoms with E-state index in [-0.39, 0.29) is 15.6 Å². The lowest BCUT2D eigenvalue weighted by Gasteiger charge is -2.24. The van der Waals surface area contributed by atoms with Gasteiger partial charge in [0.05, 0.1) is 35.9 Å². The molecule has 1 unspecified atom stereocenters. The number of aromatic nitrogens is 1. The van der Waals surface area contributed by atoms with Crippen LogP contribution in [-0.4, -0.2) is 41.5 Å². The van der Waals surface area contributed by atoms with E-state index in [0.29, 0.717) is 28.5 Å². The van der Waals surface area contributed by atoms with Crippen LogP contribution in [0, 0.1) is 6.92 Å². The SMILES string of the molecule is CCOc1cccc(C2C(C(=O)c3cccs3)=C(O)C(=O)N2c2nc(C)c(C(=O)OC)s2)c1. The van der Waals surface area contributed by atoms with Crippen LogP contribution >= 0.6 is 22.7 Å². The fourth-order valence-electron chi connectivity index (χ4n) is 3.60. The highest BCUT2D eigenvalue weighted by Crippen LogP contribution is 2.44. The zero-order chi connectivity index (χ0) is 23.7. The Balaban J connectivity index is 1.88. The number of thiophene rings is 1. The smallest absolute Gasteiger partial charge is 0.350 e. The summed E-state index contributed by atoms with van der Waals surface area (Å²) in [6, 6.07) is 9.38. The van der Waals surface area contributed by atoms with Gasteiger partial charge in [0.1, 0.15) is 10.6 Å². The molecule has 0 spiro atoms. The average Bonchev–Trinajstić information content (AvgIpc) is 3.53. The van der Waals surface area contributed by atoms with Gasteiger partial charge >= 0.3 is 5.97 Å². The number of carbonyl (C=O) groups excluding carboxylic acids is 3. The maximum atomic E-state index is 13.4. The third-order valence-electron chi connectivity index (χ3n) is 5.04. The Morgan fingerprint density at radius 3 is 2.70 bits per heavy atom. The summed E-state index contributed by atoms with van der Waals surface area (Å²) in [6.45, 7) is 3.91. The number of anilines is 1. The Hall–Kier alpha value is -3.50. The number of esters is 1. The number of Topliss-reactive ketones (excluding diaryl/α,β-unsaturated/α-hetero) is 1. The van der Waals surface area contributed by atoms with Gasteiger partial charge in [0.25, 0.3) is 5.91 Å². The van der Waals surface area contributed by atoms with Gasteiger partial charge in [0.15, 0.2) is 10.9 Å². The molecule has 0 saturated carbocycles. The topological polar surface area (TPSA) is 106 Å². The third kappa shape index (κ3) is 4.03. The molecule has 1 N–H and O–H groups in total. The molecule has 0 bridgehead atoms. The van der Waals surface area contributed by atoms with E-state index in [2.05, 4.69) is 4.98 Å². The van der Waals surface area contributed by atoms with Crippen molar-refractivity contribution < 1.29 is 29.0 Å². The molecule has 0 saturated heterocycles. The second-order valence-corrected chi connectivity index (χ2v) is 8.98. The zero-order valence-corrected chi connectivity index (χ0v) is 19.7. The minimum atomic E-state index is -0.955. The number of ether oxygens (including phenoxy) is 2. The Labute approximate surface area is 197 Å². The van der Waals surface area contributed by atoms with Gasteiger partial charge < -0.3 is 14.6 Å². The molecule has 3 aromatic rings. The molecule has 170 valence electrons. The molecule has 1 aromatic carbocycles. The summed E-state index contributed by atoms with van der Waals surface area (Å²) < 4.78 is 10.4. The molecule has 4 rings (SSSR count). The molecule has 1 atom stereocenters. The second-order valence-electron chi connectivity index (χ2n) is 7.05. The predicted molar refractivity (Wildman–Crippen MR) is 124 cm³/mol. The first-order chi connectivity index (χ1) is 15.9. The van der Waals surface area contributed by atoms with Crippen LogP contribution in [0.25, 0.3) is 0 Å². The lowest BCUT2D eigenvalue weighted by atomic mass is 9.95. The van der Waals surface area contributed by atoms with Gasteiger partial charge in [-0.15, -0.1) is 11.3 Å². The van der Waals surface area contributed by atoms with Crippen molar-refractivity contribution in [3.05, 3.63) is 74.1 Å². The molecular formula is C23H20N2O6S2. The van der Waals surface area contributed by atoms with Crippen molar-refractivity contribution in [2.45, 2.75) is 19.9 Å². The van der Waals surface area contributed by atoms with Crippen molar-refractivity contribution in [1.29, 1.82) is 0 Å². The molecule has 0 radical (unpaired) electrons. The number of aryl methyl sites for hydroxylation is 1. The minimum absolute atomic E-state index is 0.0523. The van der Waals surface area contributed by atoms with Crippen LogP contribution in [0.3, 0.4) is 0 Å². The molecule has 8 nitrogen and oxygen atoms in total. The van der Waals surface area contributed by atoms with Crippen LogP contribution in [0.1, 0.15) is 43.6 Å². The zero-order valence-electron chi connectivity index (χ0n) is 18.0. The van der Waals surface area contributed by atoms with E-state index in [9.17, 15) is 19.5 Å². The van der Waals surface area contributed by atoms with Gasteiger partial charge in [-0.3, -0.25) is 14.5 Å². The fraction of sp³-hybridized carbons (Fsp3) is 0.217. The first-order valence-corrected chi connectivity index (χ1v) is 11.7. The standard InChI is InChI=1S/C23H20N2O6S2/c1-4-31-14-8-5-7-13(11-14)17-16(18(26)15-9-6-10-32-15)19(27)21(28)25(17)23-24-12(2)20(33-23)22(29)30-3/h5-11,17,27H,4H2,1-3H3. The maximum Gasteiger partial charge on any atom is 0.350 e. The average molecular weight is 485 g/mol. The van der Waals surface area contributed by atoms with Gasteiger partial charge in [0, 0.05) is 0 Å². The Morgan fingerprint density at radius 2 is 2.03 bits per heavy atom. The largest absolute Gasteiger partial charge is 0.503 e. The first-order valence-electron chi connectivity index (χ1n) is 10.0. The maximum absolute atomic E-state index is 13.4. The van der Waals surface area contributed by atoms with Crippen LogP contribution in [0.4, 0.5) is 5.13 Å². The summed E-state index contributed by atoms with van der Waals surface area (Å²) >= 11 is 2.18. The van der Waals surface area contributed by atoms with Crippen LogP contribution in [0.5, 0.6) is 5.75 Å². The number of benzene rings is 1. The van der Waals surface area contributed by atoms with Crippen LogP contribution in [-0.2, 0) is 9.53 Å². The van der Waals surface area contributed by atoms with Crippen LogP contribution in [0.2, 0.25) is 0 Å². The van der Waals surface area contributed by atoms with Crippen molar-refractivity contribution >= 4 is 45.5 Å². The predicted octanol–water partition coefficient (Wildman–Crippen LogP) is 4.48. The quantitative estimate of drug-likeness (QED) is 0.389. The molecule has 0 aliphatic carbocycles. The minimum Gasteiger partial charge on any atom is -0.503 e. The molecule has 0 fully saturated rings. The lowest BCUT2D eigenvalue weighted by Crippen LogP contribution is -2.31. The number of ketones is 1. The van der Waals surface area contributed by atoms with Crippen molar-refractivity contribution in [3.8, 4) is 5.75 Å². The highest BCUT2D eigenvalue weighted by atomic mass is 32.1. The number of aliphatic hydroxyl groups excluding tert-OH is 1. The van der Waals surface area contributed by atoms with E-state index in [4.69, 9.17) is 9.47 Å². The summed E-state index contributed by atoms with van der Waals surface area (Å²) in [5.74, 6) is -1.89. The second kappa shape index (κ2) is 9.16. The third-order valence-corrected chi connectivity index (χ3v) is 7.05. The lowest BCUT2D eigenvalue weighted by molar-refractivity contribution is -0.117. The Morgan fingerprint density at radius 1 is 1.24 bits per heavy atom. The summed E-state index contributed by atoms with van der Waals surface area (Å²) in [6.07, 6.45) is 0. The molecule has 1 aliphatic heterocycles. The van der Waals surface area contributed by atoms with E-state index in [0.717, 1.165) is 11.3 Å². The van der Waals surface area contributed by atoms with Crippen molar-refractivity contribution in [1.82, 2.24) is 4.98 Å².